The van der Waals surface area contributed by atoms with E-state index in [4.69, 9.17) is 4.42 Å². The van der Waals surface area contributed by atoms with Gasteiger partial charge in [-0.25, -0.2) is 4.98 Å². The Morgan fingerprint density at radius 3 is 2.90 bits per heavy atom. The Morgan fingerprint density at radius 1 is 1.43 bits per heavy atom. The molecule has 0 saturated carbocycles. The van der Waals surface area contributed by atoms with Crippen molar-refractivity contribution in [2.45, 2.75) is 26.3 Å². The maximum Gasteiger partial charge on any atom is 0.246 e. The van der Waals surface area contributed by atoms with Gasteiger partial charge in [-0.3, -0.25) is 14.5 Å². The number of hydrogen-bond acceptors (Lipinski definition) is 5. The molecule has 0 saturated heterocycles. The van der Waals surface area contributed by atoms with Crippen LogP contribution < -0.4 is 15.5 Å². The number of anilines is 1. The second-order valence-electron chi connectivity index (χ2n) is 7.13. The molecule has 0 atom stereocenters. The van der Waals surface area contributed by atoms with Crippen LogP contribution in [-0.4, -0.2) is 40.6 Å². The summed E-state index contributed by atoms with van der Waals surface area (Å²) in [5.41, 5.74) is 3.10. The lowest BCUT2D eigenvalue weighted by Crippen LogP contribution is -2.36. The highest BCUT2D eigenvalue weighted by Gasteiger charge is 2.24. The number of likely N-dealkylation sites (N-methyl/N-ethyl adjacent to an activating group) is 1. The van der Waals surface area contributed by atoms with Crippen molar-refractivity contribution in [3.8, 4) is 0 Å². The van der Waals surface area contributed by atoms with Crippen molar-refractivity contribution in [3.05, 3.63) is 64.1 Å². The molecule has 30 heavy (non-hydrogen) atoms. The molecule has 7 nitrogen and oxygen atoms in total. The molecule has 156 valence electrons. The number of rotatable bonds is 6. The van der Waals surface area contributed by atoms with Crippen LogP contribution in [0.3, 0.4) is 0 Å². The van der Waals surface area contributed by atoms with E-state index in [1.165, 1.54) is 11.0 Å². The monoisotopic (exact) mass is 407 g/mol. The minimum atomic E-state index is -0.398. The number of nitrogens with zero attached hydrogens (tertiary/aromatic N) is 3. The van der Waals surface area contributed by atoms with Crippen LogP contribution in [0.25, 0.3) is 18.7 Å². The molecule has 0 unspecified atom stereocenters. The summed E-state index contributed by atoms with van der Waals surface area (Å²) in [5.74, 6) is 0.820. The second-order valence-corrected chi connectivity index (χ2v) is 7.13. The summed E-state index contributed by atoms with van der Waals surface area (Å²) < 4.78 is 5.70. The van der Waals surface area contributed by atoms with Gasteiger partial charge in [-0.2, -0.15) is 0 Å². The highest BCUT2D eigenvalue weighted by molar-refractivity contribution is 5.95. The Labute approximate surface area is 174 Å². The van der Waals surface area contributed by atoms with E-state index >= 15 is 0 Å². The van der Waals surface area contributed by atoms with Crippen LogP contribution in [0.15, 0.2) is 35.4 Å². The average molecular weight is 407 g/mol. The van der Waals surface area contributed by atoms with Gasteiger partial charge in [-0.05, 0) is 36.6 Å². The third kappa shape index (κ3) is 4.26. The van der Waals surface area contributed by atoms with Gasteiger partial charge in [0.05, 0.1) is 6.54 Å². The second kappa shape index (κ2) is 8.92. The number of furan rings is 1. The number of pyridine rings is 1. The van der Waals surface area contributed by atoms with Crippen molar-refractivity contribution in [2.24, 2.45) is 0 Å². The molecule has 1 aliphatic rings. The van der Waals surface area contributed by atoms with Crippen LogP contribution in [0.1, 0.15) is 28.9 Å². The molecule has 7 heteroatoms. The molecule has 0 fully saturated rings. The Balaban J connectivity index is 1.72. The Morgan fingerprint density at radius 2 is 2.20 bits per heavy atom. The van der Waals surface area contributed by atoms with E-state index in [0.717, 1.165) is 21.9 Å². The van der Waals surface area contributed by atoms with Gasteiger partial charge < -0.3 is 14.4 Å². The smallest absolute Gasteiger partial charge is 0.246 e. The third-order valence-corrected chi connectivity index (χ3v) is 5.10. The molecular weight excluding hydrogens is 382 g/mol. The van der Waals surface area contributed by atoms with Crippen LogP contribution in [0.4, 0.5) is 5.82 Å². The maximum atomic E-state index is 12.5. The van der Waals surface area contributed by atoms with E-state index in [1.807, 2.05) is 19.1 Å². The Kier molecular flexibility index (Phi) is 6.32. The topological polar surface area (TPSA) is 86.9 Å². The molecule has 0 aliphatic carbocycles. The van der Waals surface area contributed by atoms with E-state index in [0.29, 0.717) is 36.4 Å². The minimum absolute atomic E-state index is 0.148. The molecule has 3 rings (SSSR count). The van der Waals surface area contributed by atoms with Crippen LogP contribution in [0.2, 0.25) is 0 Å². The van der Waals surface area contributed by atoms with Crippen molar-refractivity contribution in [2.75, 3.05) is 18.7 Å². The highest BCUT2D eigenvalue weighted by atomic mass is 16.3. The predicted octanol–water partition coefficient (Wildman–Crippen LogP) is 1.26. The Bertz CT molecular complexity index is 1130. The van der Waals surface area contributed by atoms with Crippen LogP contribution in [0, 0.1) is 6.92 Å². The van der Waals surface area contributed by atoms with E-state index in [9.17, 15) is 14.7 Å². The number of aromatic nitrogens is 1. The van der Waals surface area contributed by atoms with Crippen molar-refractivity contribution in [3.63, 3.8) is 0 Å². The number of allylic oxidation sites excluding steroid dienone is 1. The first-order valence-electron chi connectivity index (χ1n) is 9.59. The molecule has 0 bridgehead atoms. The molecule has 2 aromatic rings. The van der Waals surface area contributed by atoms with Gasteiger partial charge in [0.15, 0.2) is 0 Å². The van der Waals surface area contributed by atoms with Gasteiger partial charge in [0, 0.05) is 36.5 Å². The van der Waals surface area contributed by atoms with Gasteiger partial charge >= 0.3 is 0 Å². The summed E-state index contributed by atoms with van der Waals surface area (Å²) in [6.07, 6.45) is 9.13. The lowest BCUT2D eigenvalue weighted by atomic mass is 10.0. The summed E-state index contributed by atoms with van der Waals surface area (Å²) in [6.45, 7) is 9.43. The summed E-state index contributed by atoms with van der Waals surface area (Å²) in [6, 6.07) is 1.88. The number of fused-ring (bicyclic) bond motifs is 1. The number of aryl methyl sites for hydroxylation is 1. The van der Waals surface area contributed by atoms with Gasteiger partial charge in [-0.1, -0.05) is 25.3 Å². The number of aliphatic hydroxyl groups excluding tert-OH is 1. The first-order valence-corrected chi connectivity index (χ1v) is 9.59. The Hall–Kier alpha value is -3.45. The van der Waals surface area contributed by atoms with Crippen molar-refractivity contribution >= 4 is 36.4 Å². The fraction of sp³-hybridized carbons (Fsp3) is 0.261. The van der Waals surface area contributed by atoms with Gasteiger partial charge in [0.2, 0.25) is 11.8 Å². The lowest BCUT2D eigenvalue weighted by Gasteiger charge is -2.26. The highest BCUT2D eigenvalue weighted by Crippen LogP contribution is 2.26. The summed E-state index contributed by atoms with van der Waals surface area (Å²) in [7, 11) is 1.70. The molecule has 0 radical (unpaired) electrons. The van der Waals surface area contributed by atoms with Gasteiger partial charge in [0.25, 0.3) is 0 Å². The summed E-state index contributed by atoms with van der Waals surface area (Å²) in [5, 5.41) is 10.3. The van der Waals surface area contributed by atoms with Gasteiger partial charge in [0.1, 0.15) is 23.7 Å². The molecule has 2 aromatic heterocycles. The average Bonchev–Trinajstić information content (AvgIpc) is 2.99. The first-order chi connectivity index (χ1) is 14.3. The summed E-state index contributed by atoms with van der Waals surface area (Å²) >= 11 is 0. The molecule has 2 amide bonds. The van der Waals surface area contributed by atoms with Crippen molar-refractivity contribution in [1.29, 1.82) is 0 Å². The summed E-state index contributed by atoms with van der Waals surface area (Å²) in [4.78, 5) is 31.5. The van der Waals surface area contributed by atoms with E-state index in [1.54, 1.807) is 30.3 Å². The van der Waals surface area contributed by atoms with E-state index in [-0.39, 0.29) is 11.8 Å². The molecule has 1 aliphatic heterocycles. The largest absolute Gasteiger partial charge is 0.460 e. The quantitative estimate of drug-likeness (QED) is 0.729. The molecule has 0 aromatic carbocycles. The number of carbonyl (C=O) groups is 2. The third-order valence-electron chi connectivity index (χ3n) is 5.10. The zero-order valence-corrected chi connectivity index (χ0v) is 17.2. The predicted molar refractivity (Wildman–Crippen MR) is 116 cm³/mol. The zero-order chi connectivity index (χ0) is 21.8. The van der Waals surface area contributed by atoms with Crippen LogP contribution in [-0.2, 0) is 22.6 Å². The SMILES string of the molecule is C=CC=c1c(C)c(CN(C)C(=O)C=Cc2cnc3c(c2)CCC(=O)N3CO)oc1=C. The number of hydrogen-bond donors (Lipinski definition) is 1. The van der Waals surface area contributed by atoms with Crippen LogP contribution >= 0.6 is 0 Å². The van der Waals surface area contributed by atoms with Crippen LogP contribution in [0.5, 0.6) is 0 Å². The number of carbonyl (C=O) groups excluding carboxylic acids is 2. The molecular formula is C23H25N3O4. The molecule has 3 heterocycles. The first kappa shape index (κ1) is 21.3. The van der Waals surface area contributed by atoms with Gasteiger partial charge in [-0.15, -0.1) is 0 Å². The maximum absolute atomic E-state index is 12.5. The standard InChI is InChI=1S/C23H25N3O4/c1-5-6-19-15(2)20(30-16(19)3)13-25(4)21(28)9-7-17-11-18-8-10-22(29)26(14-27)23(18)24-12-17/h5-7,9,11-12,27H,1,3,8,10,13-14H2,2,4H3. The fourth-order valence-corrected chi connectivity index (χ4v) is 3.39. The zero-order valence-electron chi connectivity index (χ0n) is 17.2. The van der Waals surface area contributed by atoms with E-state index < -0.39 is 6.73 Å². The molecule has 0 spiro atoms. The number of amides is 2. The number of aliphatic hydroxyl groups is 1. The fourth-order valence-electron chi connectivity index (χ4n) is 3.39. The lowest BCUT2D eigenvalue weighted by molar-refractivity contribution is -0.125. The minimum Gasteiger partial charge on any atom is -0.460 e. The van der Waals surface area contributed by atoms with Crippen molar-refractivity contribution < 1.29 is 19.1 Å². The molecule has 1 N–H and O–H groups in total. The van der Waals surface area contributed by atoms with E-state index in [2.05, 4.69) is 18.1 Å². The normalized spacial score (nSPS) is 14.3. The van der Waals surface area contributed by atoms with Crippen molar-refractivity contribution in [1.82, 2.24) is 9.88 Å².